The molecule has 3 aromatic rings. The van der Waals surface area contributed by atoms with Crippen LogP contribution in [0.1, 0.15) is 49.8 Å². The molecule has 0 aliphatic carbocycles. The topological polar surface area (TPSA) is 96.0 Å². The highest BCUT2D eigenvalue weighted by molar-refractivity contribution is 7.92. The smallest absolute Gasteiger partial charge is 0.243 e. The van der Waals surface area contributed by atoms with E-state index >= 15 is 0 Å². The van der Waals surface area contributed by atoms with Gasteiger partial charge in [0.1, 0.15) is 11.8 Å². The second-order valence-corrected chi connectivity index (χ2v) is 12.6. The molecule has 2 amide bonds. The molecule has 0 spiro atoms. The molecule has 0 bridgehead atoms. The third kappa shape index (κ3) is 9.34. The normalized spacial score (nSPS) is 12.7. The molecule has 2 atom stereocenters. The third-order valence-corrected chi connectivity index (χ3v) is 8.39. The Kier molecular flexibility index (Phi) is 12.0. The van der Waals surface area contributed by atoms with Gasteiger partial charge >= 0.3 is 0 Å². The molecule has 0 saturated heterocycles. The Morgan fingerprint density at radius 2 is 1.62 bits per heavy atom. The molecular weight excluding hydrogens is 550 g/mol. The number of benzene rings is 3. The number of amides is 2. The van der Waals surface area contributed by atoms with E-state index < -0.39 is 16.1 Å². The highest BCUT2D eigenvalue weighted by Gasteiger charge is 2.31. The lowest BCUT2D eigenvalue weighted by Gasteiger charge is -2.33. The maximum absolute atomic E-state index is 14.0. The fourth-order valence-electron chi connectivity index (χ4n) is 4.82. The Labute approximate surface area is 250 Å². The number of sulfonamides is 1. The third-order valence-electron chi connectivity index (χ3n) is 7.21. The van der Waals surface area contributed by atoms with E-state index in [9.17, 15) is 18.0 Å². The predicted molar refractivity (Wildman–Crippen MR) is 168 cm³/mol. The van der Waals surface area contributed by atoms with Crippen LogP contribution in [-0.4, -0.2) is 57.1 Å². The lowest BCUT2D eigenvalue weighted by Crippen LogP contribution is -2.52. The molecule has 42 heavy (non-hydrogen) atoms. The van der Waals surface area contributed by atoms with E-state index in [1.54, 1.807) is 29.2 Å². The summed E-state index contributed by atoms with van der Waals surface area (Å²) in [5, 5.41) is 3.08. The van der Waals surface area contributed by atoms with Gasteiger partial charge in [-0.3, -0.25) is 13.9 Å². The molecule has 9 heteroatoms. The van der Waals surface area contributed by atoms with E-state index in [2.05, 4.69) is 5.32 Å². The molecule has 0 saturated carbocycles. The SMILES string of the molecule is CC[C@@H](C)NC(=O)[C@@H](Cc1ccccc1)N(Cc1cccc(C)c1)C(=O)CCCN(c1ccccc1OC)S(C)(=O)=O. The summed E-state index contributed by atoms with van der Waals surface area (Å²) < 4.78 is 32.1. The van der Waals surface area contributed by atoms with Gasteiger partial charge in [-0.2, -0.15) is 0 Å². The second kappa shape index (κ2) is 15.4. The average molecular weight is 594 g/mol. The summed E-state index contributed by atoms with van der Waals surface area (Å²) in [6.45, 7) is 6.29. The van der Waals surface area contributed by atoms with Crippen molar-refractivity contribution in [1.82, 2.24) is 10.2 Å². The van der Waals surface area contributed by atoms with Crippen molar-refractivity contribution in [2.45, 2.75) is 65.1 Å². The van der Waals surface area contributed by atoms with Gasteiger partial charge in [0.05, 0.1) is 19.1 Å². The number of hydrogen-bond donors (Lipinski definition) is 1. The maximum atomic E-state index is 14.0. The summed E-state index contributed by atoms with van der Waals surface area (Å²) in [7, 11) is -2.16. The van der Waals surface area contributed by atoms with Crippen molar-refractivity contribution in [2.24, 2.45) is 0 Å². The molecule has 0 fully saturated rings. The number of rotatable bonds is 15. The van der Waals surface area contributed by atoms with Crippen LogP contribution in [0.2, 0.25) is 0 Å². The molecule has 0 aliphatic heterocycles. The van der Waals surface area contributed by atoms with E-state index in [0.717, 1.165) is 29.4 Å². The fraction of sp³-hybridized carbons (Fsp3) is 0.394. The van der Waals surface area contributed by atoms with E-state index in [1.165, 1.54) is 11.4 Å². The van der Waals surface area contributed by atoms with Crippen LogP contribution in [0.25, 0.3) is 0 Å². The van der Waals surface area contributed by atoms with Crippen molar-refractivity contribution < 1.29 is 22.7 Å². The number of methoxy groups -OCH3 is 1. The quantitative estimate of drug-likeness (QED) is 0.264. The molecule has 3 rings (SSSR count). The van der Waals surface area contributed by atoms with Crippen LogP contribution in [0.3, 0.4) is 0 Å². The van der Waals surface area contributed by atoms with Crippen LogP contribution in [0.4, 0.5) is 5.69 Å². The van der Waals surface area contributed by atoms with Crippen LogP contribution >= 0.6 is 0 Å². The van der Waals surface area contributed by atoms with Gasteiger partial charge in [0.2, 0.25) is 21.8 Å². The minimum Gasteiger partial charge on any atom is -0.495 e. The van der Waals surface area contributed by atoms with E-state index in [4.69, 9.17) is 4.74 Å². The van der Waals surface area contributed by atoms with Gasteiger partial charge < -0.3 is 15.0 Å². The molecule has 0 radical (unpaired) electrons. The Bertz CT molecular complexity index is 1430. The van der Waals surface area contributed by atoms with Crippen molar-refractivity contribution in [3.05, 3.63) is 95.6 Å². The van der Waals surface area contributed by atoms with Crippen LogP contribution < -0.4 is 14.4 Å². The van der Waals surface area contributed by atoms with Gasteiger partial charge in [0.25, 0.3) is 0 Å². The first-order valence-electron chi connectivity index (χ1n) is 14.3. The zero-order valence-corrected chi connectivity index (χ0v) is 26.1. The summed E-state index contributed by atoms with van der Waals surface area (Å²) in [6, 6.07) is 23.7. The molecule has 3 aromatic carbocycles. The van der Waals surface area contributed by atoms with E-state index in [1.807, 2.05) is 75.4 Å². The van der Waals surface area contributed by atoms with Crippen molar-refractivity contribution in [3.8, 4) is 5.75 Å². The predicted octanol–water partition coefficient (Wildman–Crippen LogP) is 5.10. The number of carbonyl (C=O) groups excluding carboxylic acids is 2. The van der Waals surface area contributed by atoms with Gasteiger partial charge in [-0.1, -0.05) is 79.2 Å². The molecule has 1 N–H and O–H groups in total. The zero-order chi connectivity index (χ0) is 30.7. The largest absolute Gasteiger partial charge is 0.495 e. The number of nitrogens with one attached hydrogen (secondary N) is 1. The monoisotopic (exact) mass is 593 g/mol. The molecular formula is C33H43N3O5S. The number of hydrogen-bond acceptors (Lipinski definition) is 5. The molecule has 226 valence electrons. The van der Waals surface area contributed by atoms with Crippen molar-refractivity contribution in [1.29, 1.82) is 0 Å². The standard InChI is InChI=1S/C33H43N3O5S/c1-6-26(3)34-33(38)30(23-27-15-8-7-9-16-27)35(24-28-17-12-14-25(2)22-28)32(37)20-13-21-36(42(5,39)40)29-18-10-11-19-31(29)41-4/h7-12,14-19,22,26,30H,6,13,20-21,23-24H2,1-5H3,(H,34,38)/t26-,30-/m1/s1. The Morgan fingerprint density at radius 3 is 2.26 bits per heavy atom. The Hall–Kier alpha value is -3.85. The summed E-state index contributed by atoms with van der Waals surface area (Å²) in [4.78, 5) is 29.3. The Morgan fingerprint density at radius 1 is 0.952 bits per heavy atom. The molecule has 0 heterocycles. The number of ether oxygens (including phenoxy) is 1. The first-order valence-corrected chi connectivity index (χ1v) is 16.2. The lowest BCUT2D eigenvalue weighted by atomic mass is 10.0. The highest BCUT2D eigenvalue weighted by Crippen LogP contribution is 2.30. The van der Waals surface area contributed by atoms with Gasteiger partial charge in [0, 0.05) is 32.0 Å². The maximum Gasteiger partial charge on any atom is 0.243 e. The van der Waals surface area contributed by atoms with Gasteiger partial charge in [-0.15, -0.1) is 0 Å². The number of nitrogens with zero attached hydrogens (tertiary/aromatic N) is 2. The Balaban J connectivity index is 1.91. The summed E-state index contributed by atoms with van der Waals surface area (Å²) in [5.41, 5.74) is 3.35. The van der Waals surface area contributed by atoms with Crippen molar-refractivity contribution >= 4 is 27.5 Å². The fourth-order valence-corrected chi connectivity index (χ4v) is 5.79. The second-order valence-electron chi connectivity index (χ2n) is 10.6. The number of aryl methyl sites for hydroxylation is 1. The number of carbonyl (C=O) groups is 2. The van der Waals surface area contributed by atoms with Gasteiger partial charge in [-0.25, -0.2) is 8.42 Å². The van der Waals surface area contributed by atoms with E-state index in [0.29, 0.717) is 17.9 Å². The molecule has 0 unspecified atom stereocenters. The minimum absolute atomic E-state index is 0.0455. The summed E-state index contributed by atoms with van der Waals surface area (Å²) in [6.07, 6.45) is 2.59. The minimum atomic E-state index is -3.64. The summed E-state index contributed by atoms with van der Waals surface area (Å²) in [5.74, 6) is 0.00572. The van der Waals surface area contributed by atoms with Crippen molar-refractivity contribution in [2.75, 3.05) is 24.2 Å². The first-order chi connectivity index (χ1) is 20.0. The van der Waals surface area contributed by atoms with Crippen LogP contribution in [-0.2, 0) is 32.6 Å². The van der Waals surface area contributed by atoms with Crippen LogP contribution in [0.15, 0.2) is 78.9 Å². The highest BCUT2D eigenvalue weighted by atomic mass is 32.2. The van der Waals surface area contributed by atoms with Gasteiger partial charge in [0.15, 0.2) is 0 Å². The molecule has 0 aromatic heterocycles. The number of anilines is 1. The molecule has 8 nitrogen and oxygen atoms in total. The molecule has 0 aliphatic rings. The lowest BCUT2D eigenvalue weighted by molar-refractivity contribution is -0.141. The van der Waals surface area contributed by atoms with Gasteiger partial charge in [-0.05, 0) is 49.9 Å². The van der Waals surface area contributed by atoms with Crippen molar-refractivity contribution in [3.63, 3.8) is 0 Å². The number of para-hydroxylation sites is 2. The van der Waals surface area contributed by atoms with E-state index in [-0.39, 0.29) is 43.8 Å². The summed E-state index contributed by atoms with van der Waals surface area (Å²) >= 11 is 0. The first kappa shape index (κ1) is 32.7. The van der Waals surface area contributed by atoms with Crippen LogP contribution in [0.5, 0.6) is 5.75 Å². The average Bonchev–Trinajstić information content (AvgIpc) is 2.96. The zero-order valence-electron chi connectivity index (χ0n) is 25.2. The van der Waals surface area contributed by atoms with Crippen LogP contribution in [0, 0.1) is 6.92 Å².